The zero-order valence-corrected chi connectivity index (χ0v) is 6.62. The summed E-state index contributed by atoms with van der Waals surface area (Å²) in [5.74, 6) is -3.43. The zero-order valence-electron chi connectivity index (χ0n) is 6.62. The van der Waals surface area contributed by atoms with Crippen molar-refractivity contribution in [3.8, 4) is 5.75 Å². The van der Waals surface area contributed by atoms with Gasteiger partial charge in [-0.05, 0) is 6.92 Å². The smallest absolute Gasteiger partial charge is 0.168 e. The monoisotopic (exact) mass is 176 g/mol. The van der Waals surface area contributed by atoms with Crippen LogP contribution in [0.3, 0.4) is 0 Å². The van der Waals surface area contributed by atoms with Crippen molar-refractivity contribution in [1.29, 1.82) is 0 Å². The molecule has 0 aliphatic carbocycles. The standard InChI is InChI=1S/C8H7F3O/c1-4-7(11)5(9)3-6(10)8(4)12-2/h3H,1-2H3. The van der Waals surface area contributed by atoms with Gasteiger partial charge in [0.05, 0.1) is 7.11 Å². The number of hydrogen-bond donors (Lipinski definition) is 0. The Bertz CT molecular complexity index is 310. The first-order valence-corrected chi connectivity index (χ1v) is 3.26. The van der Waals surface area contributed by atoms with Crippen LogP contribution in [0.4, 0.5) is 13.2 Å². The second-order valence-electron chi connectivity index (χ2n) is 2.31. The van der Waals surface area contributed by atoms with Crippen LogP contribution in [0.15, 0.2) is 6.07 Å². The Hall–Kier alpha value is -1.19. The molecule has 0 aliphatic rings. The van der Waals surface area contributed by atoms with Gasteiger partial charge in [-0.1, -0.05) is 0 Å². The van der Waals surface area contributed by atoms with Crippen LogP contribution in [0, 0.1) is 24.4 Å². The van der Waals surface area contributed by atoms with Crippen molar-refractivity contribution >= 4 is 0 Å². The minimum absolute atomic E-state index is 0.157. The van der Waals surface area contributed by atoms with Crippen molar-refractivity contribution in [3.63, 3.8) is 0 Å². The molecule has 0 aromatic heterocycles. The summed E-state index contributed by atoms with van der Waals surface area (Å²) >= 11 is 0. The number of benzene rings is 1. The highest BCUT2D eigenvalue weighted by molar-refractivity contribution is 5.35. The Morgan fingerprint density at radius 3 is 2.25 bits per heavy atom. The molecule has 1 aromatic carbocycles. The first-order valence-electron chi connectivity index (χ1n) is 3.26. The van der Waals surface area contributed by atoms with E-state index in [2.05, 4.69) is 4.74 Å². The first-order chi connectivity index (χ1) is 5.57. The minimum Gasteiger partial charge on any atom is -0.493 e. The summed E-state index contributed by atoms with van der Waals surface area (Å²) in [4.78, 5) is 0. The maximum atomic E-state index is 12.8. The Balaban J connectivity index is 3.40. The van der Waals surface area contributed by atoms with Gasteiger partial charge in [-0.15, -0.1) is 0 Å². The van der Waals surface area contributed by atoms with Gasteiger partial charge in [-0.2, -0.15) is 0 Å². The molecule has 0 aliphatic heterocycles. The second-order valence-corrected chi connectivity index (χ2v) is 2.31. The average Bonchev–Trinajstić information content (AvgIpc) is 2.01. The van der Waals surface area contributed by atoms with Crippen molar-refractivity contribution in [2.24, 2.45) is 0 Å². The molecular weight excluding hydrogens is 169 g/mol. The summed E-state index contributed by atoms with van der Waals surface area (Å²) in [5, 5.41) is 0. The number of ether oxygens (including phenoxy) is 1. The van der Waals surface area contributed by atoms with E-state index in [4.69, 9.17) is 0 Å². The summed E-state index contributed by atoms with van der Waals surface area (Å²) in [6.07, 6.45) is 0. The van der Waals surface area contributed by atoms with Gasteiger partial charge in [0.15, 0.2) is 23.2 Å². The topological polar surface area (TPSA) is 9.23 Å². The van der Waals surface area contributed by atoms with Gasteiger partial charge in [-0.3, -0.25) is 0 Å². The fraction of sp³-hybridized carbons (Fsp3) is 0.250. The molecule has 0 radical (unpaired) electrons. The molecule has 0 N–H and O–H groups in total. The van der Waals surface area contributed by atoms with E-state index in [1.807, 2.05) is 0 Å². The lowest BCUT2D eigenvalue weighted by Gasteiger charge is -2.06. The molecule has 0 fully saturated rings. The summed E-state index contributed by atoms with van der Waals surface area (Å²) in [6.45, 7) is 1.25. The van der Waals surface area contributed by atoms with Gasteiger partial charge in [0.1, 0.15) is 0 Å². The molecule has 0 saturated heterocycles. The fourth-order valence-electron chi connectivity index (χ4n) is 0.949. The number of halogens is 3. The highest BCUT2D eigenvalue weighted by Crippen LogP contribution is 2.25. The summed E-state index contributed by atoms with van der Waals surface area (Å²) in [6, 6.07) is 0.459. The van der Waals surface area contributed by atoms with Crippen LogP contribution in [0.2, 0.25) is 0 Å². The number of hydrogen-bond acceptors (Lipinski definition) is 1. The quantitative estimate of drug-likeness (QED) is 0.597. The highest BCUT2D eigenvalue weighted by atomic mass is 19.2. The molecule has 1 rings (SSSR count). The first kappa shape index (κ1) is 8.90. The van der Waals surface area contributed by atoms with Crippen LogP contribution in [0.1, 0.15) is 5.56 Å². The van der Waals surface area contributed by atoms with E-state index in [0.717, 1.165) is 0 Å². The van der Waals surface area contributed by atoms with Crippen LogP contribution < -0.4 is 4.74 Å². The molecule has 1 aromatic rings. The molecule has 0 saturated carbocycles. The van der Waals surface area contributed by atoms with E-state index >= 15 is 0 Å². The van der Waals surface area contributed by atoms with Crippen molar-refractivity contribution in [2.45, 2.75) is 6.92 Å². The summed E-state index contributed by atoms with van der Waals surface area (Å²) < 4.78 is 42.5. The third-order valence-electron chi connectivity index (χ3n) is 1.55. The van der Waals surface area contributed by atoms with Gasteiger partial charge >= 0.3 is 0 Å². The number of methoxy groups -OCH3 is 1. The normalized spacial score (nSPS) is 10.1. The second kappa shape index (κ2) is 3.05. The molecule has 4 heteroatoms. The van der Waals surface area contributed by atoms with E-state index in [0.29, 0.717) is 6.07 Å². The Morgan fingerprint density at radius 1 is 1.17 bits per heavy atom. The van der Waals surface area contributed by atoms with E-state index in [1.165, 1.54) is 14.0 Å². The van der Waals surface area contributed by atoms with Gasteiger partial charge in [0, 0.05) is 11.6 Å². The lowest BCUT2D eigenvalue weighted by atomic mass is 10.2. The molecule has 12 heavy (non-hydrogen) atoms. The largest absolute Gasteiger partial charge is 0.493 e. The van der Waals surface area contributed by atoms with Crippen LogP contribution in [-0.4, -0.2) is 7.11 Å². The molecule has 0 bridgehead atoms. The van der Waals surface area contributed by atoms with Gasteiger partial charge < -0.3 is 4.74 Å². The lowest BCUT2D eigenvalue weighted by Crippen LogP contribution is -1.97. The maximum absolute atomic E-state index is 12.8. The molecule has 0 unspecified atom stereocenters. The number of rotatable bonds is 1. The van der Waals surface area contributed by atoms with Crippen molar-refractivity contribution in [1.82, 2.24) is 0 Å². The molecular formula is C8H7F3O. The summed E-state index contributed by atoms with van der Waals surface area (Å²) in [5.41, 5.74) is -0.157. The molecule has 66 valence electrons. The van der Waals surface area contributed by atoms with E-state index < -0.39 is 17.5 Å². The Morgan fingerprint density at radius 2 is 1.75 bits per heavy atom. The molecule has 1 nitrogen and oxygen atoms in total. The minimum atomic E-state index is -1.20. The zero-order chi connectivity index (χ0) is 9.30. The SMILES string of the molecule is COc1c(F)cc(F)c(F)c1C. The van der Waals surface area contributed by atoms with E-state index in [1.54, 1.807) is 0 Å². The Kier molecular flexibility index (Phi) is 2.26. The molecule has 0 amide bonds. The van der Waals surface area contributed by atoms with E-state index in [-0.39, 0.29) is 11.3 Å². The Labute approximate surface area is 67.8 Å². The van der Waals surface area contributed by atoms with Crippen LogP contribution in [-0.2, 0) is 0 Å². The van der Waals surface area contributed by atoms with Gasteiger partial charge in [0.25, 0.3) is 0 Å². The van der Waals surface area contributed by atoms with Crippen LogP contribution in [0.25, 0.3) is 0 Å². The average molecular weight is 176 g/mol. The maximum Gasteiger partial charge on any atom is 0.168 e. The molecule has 0 atom stereocenters. The third kappa shape index (κ3) is 1.24. The van der Waals surface area contributed by atoms with Gasteiger partial charge in [0.2, 0.25) is 0 Å². The van der Waals surface area contributed by atoms with Gasteiger partial charge in [-0.25, -0.2) is 13.2 Å². The van der Waals surface area contributed by atoms with Crippen molar-refractivity contribution in [2.75, 3.05) is 7.11 Å². The fourth-order valence-corrected chi connectivity index (χ4v) is 0.949. The van der Waals surface area contributed by atoms with Crippen molar-refractivity contribution in [3.05, 3.63) is 29.1 Å². The third-order valence-corrected chi connectivity index (χ3v) is 1.55. The summed E-state index contributed by atoms with van der Waals surface area (Å²) in [7, 11) is 1.20. The predicted molar refractivity (Wildman–Crippen MR) is 37.6 cm³/mol. The van der Waals surface area contributed by atoms with Crippen LogP contribution in [0.5, 0.6) is 5.75 Å². The lowest BCUT2D eigenvalue weighted by molar-refractivity contribution is 0.371. The molecule has 0 heterocycles. The van der Waals surface area contributed by atoms with E-state index in [9.17, 15) is 13.2 Å². The highest BCUT2D eigenvalue weighted by Gasteiger charge is 2.15. The predicted octanol–water partition coefficient (Wildman–Crippen LogP) is 2.42. The van der Waals surface area contributed by atoms with Crippen LogP contribution >= 0.6 is 0 Å². The molecule has 0 spiro atoms. The van der Waals surface area contributed by atoms with Crippen molar-refractivity contribution < 1.29 is 17.9 Å².